The number of ether oxygens (including phenoxy) is 1. The molecule has 0 atom stereocenters. The highest BCUT2D eigenvalue weighted by Gasteiger charge is 2.12. The van der Waals surface area contributed by atoms with E-state index in [9.17, 15) is 4.79 Å². The fourth-order valence-electron chi connectivity index (χ4n) is 1.45. The fourth-order valence-corrected chi connectivity index (χ4v) is 1.45. The lowest BCUT2D eigenvalue weighted by Gasteiger charge is -2.04. The smallest absolute Gasteiger partial charge is 0.253 e. The molecule has 4 nitrogen and oxygen atoms in total. The summed E-state index contributed by atoms with van der Waals surface area (Å²) < 4.78 is 6.87. The van der Waals surface area contributed by atoms with Gasteiger partial charge in [-0.25, -0.2) is 0 Å². The zero-order valence-electron chi connectivity index (χ0n) is 9.76. The lowest BCUT2D eigenvalue weighted by molar-refractivity contribution is 0.0936. The van der Waals surface area contributed by atoms with Gasteiger partial charge in [0.15, 0.2) is 0 Å². The molecule has 1 aromatic rings. The number of carbonyl (C=O) groups is 1. The minimum Gasteiger partial charge on any atom is -0.383 e. The van der Waals surface area contributed by atoms with Gasteiger partial charge in [0.25, 0.3) is 5.91 Å². The monoisotopic (exact) mass is 210 g/mol. The summed E-state index contributed by atoms with van der Waals surface area (Å²) in [7, 11) is 3.57. The van der Waals surface area contributed by atoms with E-state index < -0.39 is 0 Å². The number of nitrogens with zero attached hydrogens (tertiary/aromatic N) is 1. The van der Waals surface area contributed by atoms with E-state index >= 15 is 0 Å². The molecule has 1 rings (SSSR count). The third kappa shape index (κ3) is 2.59. The van der Waals surface area contributed by atoms with Crippen molar-refractivity contribution in [2.45, 2.75) is 13.8 Å². The Balaban J connectivity index is 2.70. The van der Waals surface area contributed by atoms with Gasteiger partial charge >= 0.3 is 0 Å². The summed E-state index contributed by atoms with van der Waals surface area (Å²) in [5.74, 6) is -0.0340. The number of nitrogens with one attached hydrogen (secondary N) is 1. The third-order valence-corrected chi connectivity index (χ3v) is 2.61. The molecule has 1 N–H and O–H groups in total. The lowest BCUT2D eigenvalue weighted by atomic mass is 10.2. The van der Waals surface area contributed by atoms with Crippen molar-refractivity contribution in [3.8, 4) is 0 Å². The number of hydrogen-bond acceptors (Lipinski definition) is 2. The van der Waals surface area contributed by atoms with Crippen LogP contribution in [-0.4, -0.2) is 30.7 Å². The summed E-state index contributed by atoms with van der Waals surface area (Å²) >= 11 is 0. The van der Waals surface area contributed by atoms with Crippen molar-refractivity contribution in [2.24, 2.45) is 7.05 Å². The zero-order chi connectivity index (χ0) is 11.4. The van der Waals surface area contributed by atoms with Crippen LogP contribution in [0.5, 0.6) is 0 Å². The average Bonchev–Trinajstić information content (AvgIpc) is 2.46. The Morgan fingerprint density at radius 2 is 2.20 bits per heavy atom. The number of carbonyl (C=O) groups excluding carboxylic acids is 1. The number of aromatic nitrogens is 1. The first-order valence-corrected chi connectivity index (χ1v) is 4.98. The van der Waals surface area contributed by atoms with Crippen molar-refractivity contribution < 1.29 is 9.53 Å². The second kappa shape index (κ2) is 4.98. The Kier molecular flexibility index (Phi) is 3.91. The van der Waals surface area contributed by atoms with Crippen LogP contribution in [0.2, 0.25) is 0 Å². The number of methoxy groups -OCH3 is 1. The van der Waals surface area contributed by atoms with Gasteiger partial charge in [-0.05, 0) is 19.9 Å². The summed E-state index contributed by atoms with van der Waals surface area (Å²) in [6.45, 7) is 5.01. The van der Waals surface area contributed by atoms with E-state index in [1.807, 2.05) is 31.5 Å². The molecule has 0 aliphatic heterocycles. The molecule has 84 valence electrons. The van der Waals surface area contributed by atoms with E-state index in [0.717, 1.165) is 17.0 Å². The van der Waals surface area contributed by atoms with Crippen molar-refractivity contribution in [1.82, 2.24) is 9.88 Å². The maximum atomic E-state index is 11.7. The van der Waals surface area contributed by atoms with E-state index in [0.29, 0.717) is 13.2 Å². The van der Waals surface area contributed by atoms with Crippen LogP contribution in [0.4, 0.5) is 0 Å². The van der Waals surface area contributed by atoms with E-state index in [1.54, 1.807) is 7.11 Å². The molecule has 1 amide bonds. The van der Waals surface area contributed by atoms with Crippen LogP contribution in [0.1, 0.15) is 21.7 Å². The fraction of sp³-hybridized carbons (Fsp3) is 0.545. The van der Waals surface area contributed by atoms with Crippen LogP contribution in [-0.2, 0) is 11.8 Å². The molecule has 0 saturated carbocycles. The number of rotatable bonds is 4. The Labute approximate surface area is 90.2 Å². The molecule has 1 heterocycles. The summed E-state index contributed by atoms with van der Waals surface area (Å²) in [5, 5.41) is 2.80. The number of amides is 1. The standard InChI is InChI=1S/C11H18N2O2/c1-8-7-10(9(2)13(8)3)11(14)12-5-6-15-4/h7H,5-6H2,1-4H3,(H,12,14). The SMILES string of the molecule is COCCNC(=O)c1cc(C)n(C)c1C. The van der Waals surface area contributed by atoms with Crippen LogP contribution in [0, 0.1) is 13.8 Å². The van der Waals surface area contributed by atoms with Crippen molar-refractivity contribution in [1.29, 1.82) is 0 Å². The van der Waals surface area contributed by atoms with Crippen molar-refractivity contribution in [3.63, 3.8) is 0 Å². The normalized spacial score (nSPS) is 10.4. The predicted molar refractivity (Wildman–Crippen MR) is 59.1 cm³/mol. The van der Waals surface area contributed by atoms with Gasteiger partial charge in [0, 0.05) is 32.1 Å². The van der Waals surface area contributed by atoms with Crippen LogP contribution in [0.15, 0.2) is 6.07 Å². The van der Waals surface area contributed by atoms with Crippen LogP contribution < -0.4 is 5.32 Å². The van der Waals surface area contributed by atoms with E-state index in [4.69, 9.17) is 4.74 Å². The average molecular weight is 210 g/mol. The van der Waals surface area contributed by atoms with Crippen molar-refractivity contribution in [3.05, 3.63) is 23.0 Å². The summed E-state index contributed by atoms with van der Waals surface area (Å²) in [5.41, 5.74) is 2.82. The molecular formula is C11H18N2O2. The topological polar surface area (TPSA) is 43.3 Å². The molecule has 0 radical (unpaired) electrons. The molecule has 0 aromatic carbocycles. The van der Waals surface area contributed by atoms with Gasteiger partial charge in [-0.1, -0.05) is 0 Å². The lowest BCUT2D eigenvalue weighted by Crippen LogP contribution is -2.27. The quantitative estimate of drug-likeness (QED) is 0.754. The highest BCUT2D eigenvalue weighted by Crippen LogP contribution is 2.12. The summed E-state index contributed by atoms with van der Waals surface area (Å²) in [6.07, 6.45) is 0. The molecule has 0 aliphatic rings. The maximum absolute atomic E-state index is 11.7. The molecule has 0 spiro atoms. The first-order valence-electron chi connectivity index (χ1n) is 4.98. The van der Waals surface area contributed by atoms with Gasteiger partial charge in [0.1, 0.15) is 0 Å². The molecule has 0 aliphatic carbocycles. The predicted octanol–water partition coefficient (Wildman–Crippen LogP) is 1.02. The molecular weight excluding hydrogens is 192 g/mol. The highest BCUT2D eigenvalue weighted by atomic mass is 16.5. The van der Waals surface area contributed by atoms with Crippen LogP contribution >= 0.6 is 0 Å². The second-order valence-corrected chi connectivity index (χ2v) is 3.59. The zero-order valence-corrected chi connectivity index (χ0v) is 9.76. The highest BCUT2D eigenvalue weighted by molar-refractivity contribution is 5.95. The second-order valence-electron chi connectivity index (χ2n) is 3.59. The maximum Gasteiger partial charge on any atom is 0.253 e. The van der Waals surface area contributed by atoms with E-state index in [2.05, 4.69) is 5.32 Å². The third-order valence-electron chi connectivity index (χ3n) is 2.61. The van der Waals surface area contributed by atoms with Gasteiger partial charge in [-0.2, -0.15) is 0 Å². The molecule has 1 aromatic heterocycles. The number of hydrogen-bond donors (Lipinski definition) is 1. The minimum absolute atomic E-state index is 0.0340. The van der Waals surface area contributed by atoms with Crippen LogP contribution in [0.3, 0.4) is 0 Å². The Morgan fingerprint density at radius 3 is 2.67 bits per heavy atom. The van der Waals surface area contributed by atoms with E-state index in [1.165, 1.54) is 0 Å². The van der Waals surface area contributed by atoms with Crippen molar-refractivity contribution in [2.75, 3.05) is 20.3 Å². The van der Waals surface area contributed by atoms with Gasteiger partial charge in [-0.15, -0.1) is 0 Å². The van der Waals surface area contributed by atoms with Gasteiger partial charge in [0.2, 0.25) is 0 Å². The minimum atomic E-state index is -0.0340. The molecule has 4 heteroatoms. The number of aryl methyl sites for hydroxylation is 1. The van der Waals surface area contributed by atoms with Crippen molar-refractivity contribution >= 4 is 5.91 Å². The molecule has 0 unspecified atom stereocenters. The largest absolute Gasteiger partial charge is 0.383 e. The van der Waals surface area contributed by atoms with Gasteiger partial charge < -0.3 is 14.6 Å². The Morgan fingerprint density at radius 1 is 1.53 bits per heavy atom. The van der Waals surface area contributed by atoms with E-state index in [-0.39, 0.29) is 5.91 Å². The Bertz CT molecular complexity index is 356. The molecule has 0 fully saturated rings. The summed E-state index contributed by atoms with van der Waals surface area (Å²) in [6, 6.07) is 1.90. The first-order chi connectivity index (χ1) is 7.07. The van der Waals surface area contributed by atoms with Crippen LogP contribution in [0.25, 0.3) is 0 Å². The molecule has 0 saturated heterocycles. The Hall–Kier alpha value is -1.29. The molecule has 15 heavy (non-hydrogen) atoms. The first kappa shape index (κ1) is 11.8. The van der Waals surface area contributed by atoms with Gasteiger partial charge in [-0.3, -0.25) is 4.79 Å². The summed E-state index contributed by atoms with van der Waals surface area (Å²) in [4.78, 5) is 11.7. The molecule has 0 bridgehead atoms. The van der Waals surface area contributed by atoms with Gasteiger partial charge in [0.05, 0.1) is 12.2 Å².